The van der Waals surface area contributed by atoms with E-state index in [0.29, 0.717) is 48.9 Å². The highest BCUT2D eigenvalue weighted by molar-refractivity contribution is 6.31. The second-order valence-corrected chi connectivity index (χ2v) is 9.07. The van der Waals surface area contributed by atoms with Crippen LogP contribution in [0.3, 0.4) is 0 Å². The Morgan fingerprint density at radius 3 is 2.58 bits per heavy atom. The number of rotatable bonds is 5. The molecule has 0 saturated carbocycles. The summed E-state index contributed by atoms with van der Waals surface area (Å²) in [6.45, 7) is 1.23. The van der Waals surface area contributed by atoms with Crippen molar-refractivity contribution in [2.75, 3.05) is 19.9 Å². The third-order valence-corrected chi connectivity index (χ3v) is 7.10. The highest BCUT2D eigenvalue weighted by atomic mass is 35.5. The lowest BCUT2D eigenvalue weighted by molar-refractivity contribution is -0.133. The molecule has 0 aliphatic carbocycles. The molecule has 2 saturated heterocycles. The van der Waals surface area contributed by atoms with Gasteiger partial charge in [0.2, 0.25) is 12.7 Å². The molecule has 172 valence electrons. The largest absolute Gasteiger partial charge is 0.454 e. The minimum Gasteiger partial charge on any atom is -0.454 e. The topological polar surface area (TPSA) is 97.0 Å². The van der Waals surface area contributed by atoms with Crippen molar-refractivity contribution < 1.29 is 23.9 Å². The molecule has 0 spiro atoms. The number of amides is 4. The average Bonchev–Trinajstić information content (AvgIpc) is 3.39. The first-order valence-corrected chi connectivity index (χ1v) is 11.4. The van der Waals surface area contributed by atoms with Crippen molar-refractivity contribution in [1.82, 2.24) is 15.5 Å². The van der Waals surface area contributed by atoms with E-state index in [0.717, 1.165) is 11.1 Å². The fourth-order valence-electron chi connectivity index (χ4n) is 4.96. The highest BCUT2D eigenvalue weighted by Gasteiger charge is 2.52. The van der Waals surface area contributed by atoms with Crippen LogP contribution in [0.4, 0.5) is 4.79 Å². The molecule has 2 aromatic carbocycles. The monoisotopic (exact) mass is 469 g/mol. The summed E-state index contributed by atoms with van der Waals surface area (Å²) in [7, 11) is 0. The zero-order valence-corrected chi connectivity index (χ0v) is 18.7. The molecule has 2 N–H and O–H groups in total. The molecule has 5 rings (SSSR count). The minimum absolute atomic E-state index is 0.0207. The summed E-state index contributed by atoms with van der Waals surface area (Å²) in [4.78, 5) is 39.7. The lowest BCUT2D eigenvalue weighted by Crippen LogP contribution is -2.58. The van der Waals surface area contributed by atoms with E-state index in [2.05, 4.69) is 10.6 Å². The maximum absolute atomic E-state index is 12.9. The lowest BCUT2D eigenvalue weighted by atomic mass is 9.74. The van der Waals surface area contributed by atoms with Crippen molar-refractivity contribution in [3.63, 3.8) is 0 Å². The highest BCUT2D eigenvalue weighted by Crippen LogP contribution is 2.36. The van der Waals surface area contributed by atoms with Gasteiger partial charge in [-0.15, -0.1) is 0 Å². The summed E-state index contributed by atoms with van der Waals surface area (Å²) < 4.78 is 10.7. The van der Waals surface area contributed by atoms with Crippen molar-refractivity contribution in [3.8, 4) is 11.5 Å². The number of carbonyl (C=O) groups excluding carboxylic acids is 3. The molecule has 8 nitrogen and oxygen atoms in total. The zero-order chi connectivity index (χ0) is 23.0. The first-order chi connectivity index (χ1) is 15.9. The second kappa shape index (κ2) is 8.59. The summed E-state index contributed by atoms with van der Waals surface area (Å²) in [5.74, 6) is 0.913. The summed E-state index contributed by atoms with van der Waals surface area (Å²) in [5.41, 5.74) is 0.593. The maximum Gasteiger partial charge on any atom is 0.322 e. The molecule has 0 bridgehead atoms. The number of piperidine rings is 1. The molecule has 0 aromatic heterocycles. The molecule has 0 radical (unpaired) electrons. The number of carbonyl (C=O) groups is 3. The number of likely N-dealkylation sites (tertiary alicyclic amines) is 1. The van der Waals surface area contributed by atoms with E-state index in [4.69, 9.17) is 21.1 Å². The molecular formula is C24H24ClN3O5. The van der Waals surface area contributed by atoms with E-state index in [-0.39, 0.29) is 30.9 Å². The van der Waals surface area contributed by atoms with Crippen molar-refractivity contribution in [1.29, 1.82) is 0 Å². The van der Waals surface area contributed by atoms with Crippen molar-refractivity contribution >= 4 is 29.4 Å². The molecule has 2 aromatic rings. The van der Waals surface area contributed by atoms with Gasteiger partial charge >= 0.3 is 6.03 Å². The van der Waals surface area contributed by atoms with Crippen LogP contribution in [-0.2, 0) is 22.4 Å². The van der Waals surface area contributed by atoms with Gasteiger partial charge in [-0.05, 0) is 48.1 Å². The van der Waals surface area contributed by atoms with Crippen LogP contribution in [0, 0.1) is 5.92 Å². The van der Waals surface area contributed by atoms with Gasteiger partial charge in [0.05, 0.1) is 6.42 Å². The molecule has 9 heteroatoms. The number of nitrogens with zero attached hydrogens (tertiary/aromatic N) is 1. The molecule has 2 fully saturated rings. The van der Waals surface area contributed by atoms with E-state index < -0.39 is 11.6 Å². The van der Waals surface area contributed by atoms with Gasteiger partial charge in [-0.3, -0.25) is 14.9 Å². The van der Waals surface area contributed by atoms with E-state index >= 15 is 0 Å². The fraction of sp³-hybridized carbons (Fsp3) is 0.375. The molecule has 4 amide bonds. The summed E-state index contributed by atoms with van der Waals surface area (Å²) in [5, 5.41) is 5.84. The summed E-state index contributed by atoms with van der Waals surface area (Å²) in [6, 6.07) is 12.4. The van der Waals surface area contributed by atoms with Gasteiger partial charge in [-0.25, -0.2) is 4.79 Å². The number of hydrogen-bond acceptors (Lipinski definition) is 5. The SMILES string of the molecule is O=C1NC(=O)[C@@](Cc2ccccc2Cl)(C2CCN(C(=O)Cc3ccc4c(c3)OCO4)CC2)N1. The Labute approximate surface area is 196 Å². The first-order valence-electron chi connectivity index (χ1n) is 11.0. The van der Waals surface area contributed by atoms with E-state index in [9.17, 15) is 14.4 Å². The van der Waals surface area contributed by atoms with Crippen molar-refractivity contribution in [2.45, 2.75) is 31.2 Å². The van der Waals surface area contributed by atoms with Gasteiger partial charge in [0.15, 0.2) is 11.5 Å². The number of imide groups is 1. The van der Waals surface area contributed by atoms with Crippen LogP contribution in [0.5, 0.6) is 11.5 Å². The number of hydrogen-bond donors (Lipinski definition) is 2. The van der Waals surface area contributed by atoms with E-state index in [1.54, 1.807) is 6.07 Å². The Hall–Kier alpha value is -3.26. The van der Waals surface area contributed by atoms with Crippen molar-refractivity contribution in [2.24, 2.45) is 5.92 Å². The number of halogens is 1. The predicted molar refractivity (Wildman–Crippen MR) is 120 cm³/mol. The van der Waals surface area contributed by atoms with Crippen LogP contribution in [0.2, 0.25) is 5.02 Å². The molecule has 1 atom stereocenters. The van der Waals surface area contributed by atoms with Crippen LogP contribution >= 0.6 is 11.6 Å². The maximum atomic E-state index is 12.9. The molecular weight excluding hydrogens is 446 g/mol. The van der Waals surface area contributed by atoms with Gasteiger partial charge < -0.3 is 19.7 Å². The van der Waals surface area contributed by atoms with Crippen LogP contribution in [0.1, 0.15) is 24.0 Å². The number of urea groups is 1. The Kier molecular flexibility index (Phi) is 5.62. The van der Waals surface area contributed by atoms with Crippen LogP contribution < -0.4 is 20.1 Å². The Morgan fingerprint density at radius 2 is 1.85 bits per heavy atom. The lowest BCUT2D eigenvalue weighted by Gasteiger charge is -2.41. The van der Waals surface area contributed by atoms with Gasteiger partial charge in [0.1, 0.15) is 5.54 Å². The number of fused-ring (bicyclic) bond motifs is 1. The van der Waals surface area contributed by atoms with E-state index in [1.165, 1.54) is 0 Å². The average molecular weight is 470 g/mol. The van der Waals surface area contributed by atoms with Crippen LogP contribution in [0.25, 0.3) is 0 Å². The second-order valence-electron chi connectivity index (χ2n) is 8.67. The fourth-order valence-corrected chi connectivity index (χ4v) is 5.17. The quantitative estimate of drug-likeness (QED) is 0.656. The smallest absolute Gasteiger partial charge is 0.322 e. The van der Waals surface area contributed by atoms with Crippen molar-refractivity contribution in [3.05, 3.63) is 58.6 Å². The Morgan fingerprint density at radius 1 is 1.09 bits per heavy atom. The number of nitrogens with one attached hydrogen (secondary N) is 2. The molecule has 3 aliphatic rings. The van der Waals surface area contributed by atoms with Crippen LogP contribution in [0.15, 0.2) is 42.5 Å². The van der Waals surface area contributed by atoms with Gasteiger partial charge in [-0.2, -0.15) is 0 Å². The van der Waals surface area contributed by atoms with Gasteiger partial charge in [0.25, 0.3) is 5.91 Å². The summed E-state index contributed by atoms with van der Waals surface area (Å²) in [6.07, 6.45) is 1.78. The number of benzene rings is 2. The Bertz CT molecular complexity index is 1120. The van der Waals surface area contributed by atoms with Gasteiger partial charge in [0, 0.05) is 24.5 Å². The minimum atomic E-state index is -1.07. The molecule has 3 heterocycles. The number of ether oxygens (including phenoxy) is 2. The van der Waals surface area contributed by atoms with E-state index in [1.807, 2.05) is 41.3 Å². The predicted octanol–water partition coefficient (Wildman–Crippen LogP) is 2.67. The molecule has 3 aliphatic heterocycles. The third-order valence-electron chi connectivity index (χ3n) is 6.73. The normalized spacial score (nSPS) is 22.3. The zero-order valence-electron chi connectivity index (χ0n) is 17.9. The third kappa shape index (κ3) is 4.11. The van der Waals surface area contributed by atoms with Gasteiger partial charge in [-0.1, -0.05) is 35.9 Å². The first kappa shape index (κ1) is 21.6. The van der Waals surface area contributed by atoms with Crippen LogP contribution in [-0.4, -0.2) is 48.2 Å². The Balaban J connectivity index is 1.27. The molecule has 0 unspecified atom stereocenters. The summed E-state index contributed by atoms with van der Waals surface area (Å²) >= 11 is 6.35. The standard InChI is InChI=1S/C24H24ClN3O5/c25-18-4-2-1-3-16(18)13-24(22(30)26-23(31)27-24)17-7-9-28(10-8-17)21(29)12-15-5-6-19-20(11-15)33-14-32-19/h1-6,11,17H,7-10,12-14H2,(H2,26,27,30,31)/t24-/m1/s1. The molecule has 33 heavy (non-hydrogen) atoms.